The number of nitrogens with zero attached hydrogens (tertiary/aromatic N) is 2. The number of ether oxygens (including phenoxy) is 1. The van der Waals surface area contributed by atoms with Gasteiger partial charge in [-0.1, -0.05) is 29.8 Å². The van der Waals surface area contributed by atoms with E-state index in [1.165, 1.54) is 22.5 Å². The maximum absolute atomic E-state index is 12.7. The van der Waals surface area contributed by atoms with Crippen molar-refractivity contribution in [1.82, 2.24) is 9.78 Å². The van der Waals surface area contributed by atoms with Crippen LogP contribution in [0.3, 0.4) is 0 Å². The summed E-state index contributed by atoms with van der Waals surface area (Å²) in [6, 6.07) is 13.7. The van der Waals surface area contributed by atoms with Gasteiger partial charge in [0, 0.05) is 16.8 Å². The van der Waals surface area contributed by atoms with E-state index in [0.29, 0.717) is 28.7 Å². The first kappa shape index (κ1) is 22.1. The molecule has 0 aliphatic rings. The number of hydrogen-bond donors (Lipinski definition) is 1. The summed E-state index contributed by atoms with van der Waals surface area (Å²) in [4.78, 5) is 13.3. The molecule has 0 bridgehead atoms. The summed E-state index contributed by atoms with van der Waals surface area (Å²) in [6.07, 6.45) is 3.45. The SMILES string of the molecule is Cc1cc(C)c(C)c(OCc2csc(C(=O)Nc3cnn(Cc4cccc(Cl)c4)c3)c2)c1. The van der Waals surface area contributed by atoms with E-state index < -0.39 is 0 Å². The van der Waals surface area contributed by atoms with Crippen LogP contribution in [0.25, 0.3) is 0 Å². The predicted octanol–water partition coefficient (Wildman–Crippen LogP) is 6.40. The second-order valence-corrected chi connectivity index (χ2v) is 9.17. The molecule has 0 aliphatic heterocycles. The van der Waals surface area contributed by atoms with Crippen LogP contribution in [0.15, 0.2) is 60.2 Å². The van der Waals surface area contributed by atoms with Crippen LogP contribution in [-0.2, 0) is 13.2 Å². The summed E-state index contributed by atoms with van der Waals surface area (Å²) in [5.41, 5.74) is 6.18. The molecule has 164 valence electrons. The average Bonchev–Trinajstić information content (AvgIpc) is 3.39. The average molecular weight is 466 g/mol. The van der Waals surface area contributed by atoms with E-state index in [2.05, 4.69) is 37.3 Å². The van der Waals surface area contributed by atoms with Crippen LogP contribution in [0, 0.1) is 20.8 Å². The summed E-state index contributed by atoms with van der Waals surface area (Å²) in [5, 5.41) is 9.87. The highest BCUT2D eigenvalue weighted by atomic mass is 35.5. The van der Waals surface area contributed by atoms with Crippen LogP contribution in [-0.4, -0.2) is 15.7 Å². The van der Waals surface area contributed by atoms with Crippen molar-refractivity contribution in [3.05, 3.63) is 98.0 Å². The monoisotopic (exact) mass is 465 g/mol. The number of rotatable bonds is 7. The largest absolute Gasteiger partial charge is 0.489 e. The molecule has 0 unspecified atom stereocenters. The highest BCUT2D eigenvalue weighted by Crippen LogP contribution is 2.25. The Kier molecular flexibility index (Phi) is 6.63. The van der Waals surface area contributed by atoms with Gasteiger partial charge in [-0.2, -0.15) is 5.10 Å². The minimum absolute atomic E-state index is 0.161. The lowest BCUT2D eigenvalue weighted by Gasteiger charge is -2.11. The second-order valence-electron chi connectivity index (χ2n) is 7.82. The third kappa shape index (κ3) is 5.39. The Bertz CT molecular complexity index is 1260. The molecular formula is C25H24ClN3O2S. The first-order valence-electron chi connectivity index (χ1n) is 10.2. The number of benzene rings is 2. The molecule has 0 saturated heterocycles. The van der Waals surface area contributed by atoms with Gasteiger partial charge in [0.25, 0.3) is 5.91 Å². The molecule has 4 aromatic rings. The molecule has 1 amide bonds. The Morgan fingerprint density at radius 2 is 2.00 bits per heavy atom. The fourth-order valence-corrected chi connectivity index (χ4v) is 4.42. The van der Waals surface area contributed by atoms with Crippen molar-refractivity contribution in [2.24, 2.45) is 0 Å². The fraction of sp³-hybridized carbons (Fsp3) is 0.200. The number of carbonyl (C=O) groups is 1. The summed E-state index contributed by atoms with van der Waals surface area (Å²) in [5.74, 6) is 0.720. The molecule has 32 heavy (non-hydrogen) atoms. The first-order valence-corrected chi connectivity index (χ1v) is 11.5. The number of thiophene rings is 1. The lowest BCUT2D eigenvalue weighted by atomic mass is 10.1. The van der Waals surface area contributed by atoms with Crippen molar-refractivity contribution >= 4 is 34.5 Å². The van der Waals surface area contributed by atoms with E-state index >= 15 is 0 Å². The van der Waals surface area contributed by atoms with Gasteiger partial charge in [-0.3, -0.25) is 9.48 Å². The van der Waals surface area contributed by atoms with Gasteiger partial charge in [-0.05, 0) is 72.7 Å². The van der Waals surface area contributed by atoms with Crippen LogP contribution >= 0.6 is 22.9 Å². The second kappa shape index (κ2) is 9.59. The summed E-state index contributed by atoms with van der Waals surface area (Å²) < 4.78 is 7.78. The smallest absolute Gasteiger partial charge is 0.265 e. The number of aromatic nitrogens is 2. The minimum Gasteiger partial charge on any atom is -0.489 e. The van der Waals surface area contributed by atoms with E-state index in [4.69, 9.17) is 16.3 Å². The molecule has 2 aromatic carbocycles. The van der Waals surface area contributed by atoms with Crippen molar-refractivity contribution in [3.63, 3.8) is 0 Å². The van der Waals surface area contributed by atoms with E-state index in [0.717, 1.165) is 22.4 Å². The third-order valence-corrected chi connectivity index (χ3v) is 6.37. The van der Waals surface area contributed by atoms with Gasteiger partial charge >= 0.3 is 0 Å². The number of amides is 1. The lowest BCUT2D eigenvalue weighted by Crippen LogP contribution is -2.09. The van der Waals surface area contributed by atoms with Crippen LogP contribution in [0.4, 0.5) is 5.69 Å². The molecule has 7 heteroatoms. The van der Waals surface area contributed by atoms with Crippen LogP contribution in [0.5, 0.6) is 5.75 Å². The van der Waals surface area contributed by atoms with Crippen LogP contribution in [0.1, 0.15) is 37.5 Å². The summed E-state index contributed by atoms with van der Waals surface area (Å²) in [6.45, 7) is 7.20. The Morgan fingerprint density at radius 1 is 1.16 bits per heavy atom. The summed E-state index contributed by atoms with van der Waals surface area (Å²) in [7, 11) is 0. The quantitative estimate of drug-likeness (QED) is 0.343. The molecular weight excluding hydrogens is 442 g/mol. The number of anilines is 1. The topological polar surface area (TPSA) is 56.1 Å². The van der Waals surface area contributed by atoms with Gasteiger partial charge in [0.15, 0.2) is 0 Å². The van der Waals surface area contributed by atoms with Crippen molar-refractivity contribution in [2.45, 2.75) is 33.9 Å². The predicted molar refractivity (Wildman–Crippen MR) is 130 cm³/mol. The Balaban J connectivity index is 1.36. The van der Waals surface area contributed by atoms with E-state index in [1.54, 1.807) is 17.1 Å². The molecule has 0 saturated carbocycles. The van der Waals surface area contributed by atoms with Gasteiger partial charge in [0.2, 0.25) is 0 Å². The van der Waals surface area contributed by atoms with Crippen molar-refractivity contribution < 1.29 is 9.53 Å². The molecule has 5 nitrogen and oxygen atoms in total. The zero-order valence-electron chi connectivity index (χ0n) is 18.2. The number of aryl methyl sites for hydroxylation is 2. The van der Waals surface area contributed by atoms with Crippen molar-refractivity contribution in [3.8, 4) is 5.75 Å². The number of nitrogens with one attached hydrogen (secondary N) is 1. The molecule has 2 heterocycles. The van der Waals surface area contributed by atoms with E-state index in [-0.39, 0.29) is 5.91 Å². The lowest BCUT2D eigenvalue weighted by molar-refractivity contribution is 0.103. The van der Waals surface area contributed by atoms with Crippen LogP contribution < -0.4 is 10.1 Å². The minimum atomic E-state index is -0.161. The Morgan fingerprint density at radius 3 is 2.81 bits per heavy atom. The molecule has 4 rings (SSSR count). The number of halogens is 1. The maximum atomic E-state index is 12.7. The Labute approximate surface area is 196 Å². The molecule has 0 aliphatic carbocycles. The van der Waals surface area contributed by atoms with E-state index in [9.17, 15) is 4.79 Å². The highest BCUT2D eigenvalue weighted by Gasteiger charge is 2.12. The van der Waals surface area contributed by atoms with Gasteiger partial charge in [-0.15, -0.1) is 11.3 Å². The van der Waals surface area contributed by atoms with Gasteiger partial charge in [0.05, 0.1) is 23.3 Å². The van der Waals surface area contributed by atoms with Gasteiger partial charge in [0.1, 0.15) is 12.4 Å². The Hall–Kier alpha value is -3.09. The normalized spacial score (nSPS) is 10.9. The molecule has 2 aromatic heterocycles. The number of hydrogen-bond acceptors (Lipinski definition) is 4. The maximum Gasteiger partial charge on any atom is 0.265 e. The molecule has 0 spiro atoms. The zero-order valence-corrected chi connectivity index (χ0v) is 19.8. The van der Waals surface area contributed by atoms with Gasteiger partial charge < -0.3 is 10.1 Å². The fourth-order valence-electron chi connectivity index (χ4n) is 3.41. The van der Waals surface area contributed by atoms with Crippen LogP contribution in [0.2, 0.25) is 5.02 Å². The van der Waals surface area contributed by atoms with Crippen molar-refractivity contribution in [2.75, 3.05) is 5.32 Å². The zero-order chi connectivity index (χ0) is 22.7. The standard InChI is InChI=1S/C25H24ClN3O2S/c1-16-7-17(2)18(3)23(8-16)31-14-20-10-24(32-15-20)25(30)28-22-11-27-29(13-22)12-19-5-4-6-21(26)9-19/h4-11,13,15H,12,14H2,1-3H3,(H,28,30). The van der Waals surface area contributed by atoms with Crippen molar-refractivity contribution in [1.29, 1.82) is 0 Å². The highest BCUT2D eigenvalue weighted by molar-refractivity contribution is 7.12. The molecule has 1 N–H and O–H groups in total. The first-order chi connectivity index (χ1) is 15.4. The van der Waals surface area contributed by atoms with Gasteiger partial charge in [-0.25, -0.2) is 0 Å². The number of carbonyl (C=O) groups excluding carboxylic acids is 1. The molecule has 0 radical (unpaired) electrons. The molecule has 0 fully saturated rings. The van der Waals surface area contributed by atoms with E-state index in [1.807, 2.05) is 41.8 Å². The summed E-state index contributed by atoms with van der Waals surface area (Å²) >= 11 is 7.44. The third-order valence-electron chi connectivity index (χ3n) is 5.16. The molecule has 0 atom stereocenters.